The molecule has 0 aromatic carbocycles. The van der Waals surface area contributed by atoms with Crippen LogP contribution in [-0.2, 0) is 0 Å². The Morgan fingerprint density at radius 1 is 1.33 bits per heavy atom. The van der Waals surface area contributed by atoms with Crippen LogP contribution in [0.4, 0.5) is 17.5 Å². The van der Waals surface area contributed by atoms with E-state index in [1.807, 2.05) is 6.92 Å². The normalized spacial score (nSPS) is 16.7. The number of hydrogen-bond donors (Lipinski definition) is 2. The molecule has 0 radical (unpaired) electrons. The van der Waals surface area contributed by atoms with Gasteiger partial charge in [0.15, 0.2) is 0 Å². The lowest BCUT2D eigenvalue weighted by atomic mass is 9.83. The van der Waals surface area contributed by atoms with Crippen LogP contribution in [0.1, 0.15) is 46.0 Å². The van der Waals surface area contributed by atoms with Crippen LogP contribution in [0.15, 0.2) is 6.20 Å². The van der Waals surface area contributed by atoms with E-state index in [0.29, 0.717) is 18.3 Å². The van der Waals surface area contributed by atoms with Crippen LogP contribution in [0.25, 0.3) is 0 Å². The molecule has 0 unspecified atom stereocenters. The maximum atomic E-state index is 11.1. The Hall–Kier alpha value is -1.92. The molecule has 1 heterocycles. The molecule has 0 amide bonds. The van der Waals surface area contributed by atoms with Gasteiger partial charge in [-0.2, -0.15) is 4.98 Å². The van der Waals surface area contributed by atoms with Crippen LogP contribution in [0.5, 0.6) is 0 Å². The fourth-order valence-electron chi connectivity index (χ4n) is 2.93. The quantitative estimate of drug-likeness (QED) is 0.592. The van der Waals surface area contributed by atoms with Crippen molar-refractivity contribution in [2.75, 3.05) is 23.7 Å². The van der Waals surface area contributed by atoms with Gasteiger partial charge in [0.25, 0.3) is 0 Å². The minimum Gasteiger partial charge on any atom is -0.364 e. The van der Waals surface area contributed by atoms with Gasteiger partial charge in [0, 0.05) is 13.1 Å². The Morgan fingerprint density at radius 3 is 2.62 bits per heavy atom. The van der Waals surface area contributed by atoms with Gasteiger partial charge in [-0.05, 0) is 31.6 Å². The average molecular weight is 293 g/mol. The average Bonchev–Trinajstić information content (AvgIpc) is 2.95. The smallest absolute Gasteiger partial charge is 0.329 e. The summed E-state index contributed by atoms with van der Waals surface area (Å²) in [5.74, 6) is 0.730. The van der Waals surface area contributed by atoms with E-state index < -0.39 is 4.92 Å². The summed E-state index contributed by atoms with van der Waals surface area (Å²) in [5.41, 5.74) is 0.179. The van der Waals surface area contributed by atoms with Crippen molar-refractivity contribution < 1.29 is 4.92 Å². The van der Waals surface area contributed by atoms with Gasteiger partial charge in [-0.15, -0.1) is 0 Å². The first-order valence-electron chi connectivity index (χ1n) is 7.59. The first-order chi connectivity index (χ1) is 10.1. The monoisotopic (exact) mass is 293 g/mol. The molecule has 2 rings (SSSR count). The SMILES string of the molecule is CCNc1ncc([N+](=O)[O-])c(NCC2(CC)CCCC2)n1. The lowest BCUT2D eigenvalue weighted by molar-refractivity contribution is -0.384. The fourth-order valence-corrected chi connectivity index (χ4v) is 2.93. The zero-order valence-corrected chi connectivity index (χ0v) is 12.7. The first kappa shape index (κ1) is 15.5. The molecule has 116 valence electrons. The fraction of sp³-hybridized carbons (Fsp3) is 0.714. The molecule has 1 aliphatic rings. The van der Waals surface area contributed by atoms with Crippen molar-refractivity contribution in [3.8, 4) is 0 Å². The van der Waals surface area contributed by atoms with Gasteiger partial charge < -0.3 is 10.6 Å². The minimum atomic E-state index is -0.439. The molecule has 21 heavy (non-hydrogen) atoms. The van der Waals surface area contributed by atoms with Gasteiger partial charge in [0.05, 0.1) is 4.92 Å². The van der Waals surface area contributed by atoms with Gasteiger partial charge in [0.2, 0.25) is 11.8 Å². The summed E-state index contributed by atoms with van der Waals surface area (Å²) < 4.78 is 0. The van der Waals surface area contributed by atoms with E-state index in [1.165, 1.54) is 31.9 Å². The van der Waals surface area contributed by atoms with E-state index in [2.05, 4.69) is 27.5 Å². The van der Waals surface area contributed by atoms with Crippen molar-refractivity contribution in [1.29, 1.82) is 0 Å². The molecule has 0 aliphatic heterocycles. The summed E-state index contributed by atoms with van der Waals surface area (Å²) in [5, 5.41) is 17.3. The van der Waals surface area contributed by atoms with Crippen LogP contribution < -0.4 is 10.6 Å². The number of hydrogen-bond acceptors (Lipinski definition) is 6. The second-order valence-corrected chi connectivity index (χ2v) is 5.63. The van der Waals surface area contributed by atoms with E-state index in [0.717, 1.165) is 13.0 Å². The highest BCUT2D eigenvalue weighted by Gasteiger charge is 2.32. The van der Waals surface area contributed by atoms with Crippen LogP contribution in [-0.4, -0.2) is 28.0 Å². The van der Waals surface area contributed by atoms with Crippen molar-refractivity contribution in [2.24, 2.45) is 5.41 Å². The molecule has 1 aliphatic carbocycles. The maximum Gasteiger partial charge on any atom is 0.329 e. The number of rotatable bonds is 7. The largest absolute Gasteiger partial charge is 0.364 e. The molecule has 7 nitrogen and oxygen atoms in total. The van der Waals surface area contributed by atoms with Crippen LogP contribution >= 0.6 is 0 Å². The molecule has 1 fully saturated rings. The summed E-state index contributed by atoms with van der Waals surface area (Å²) in [7, 11) is 0. The lowest BCUT2D eigenvalue weighted by Crippen LogP contribution is -2.26. The van der Waals surface area contributed by atoms with Crippen molar-refractivity contribution >= 4 is 17.5 Å². The summed E-state index contributed by atoms with van der Waals surface area (Å²) in [6, 6.07) is 0. The van der Waals surface area contributed by atoms with E-state index in [4.69, 9.17) is 0 Å². The van der Waals surface area contributed by atoms with Crippen LogP contribution in [0.3, 0.4) is 0 Å². The minimum absolute atomic E-state index is 0.0686. The molecule has 1 saturated carbocycles. The number of nitrogens with one attached hydrogen (secondary N) is 2. The molecule has 0 atom stereocenters. The second kappa shape index (κ2) is 6.69. The van der Waals surface area contributed by atoms with Gasteiger partial charge in [-0.3, -0.25) is 10.1 Å². The third-order valence-corrected chi connectivity index (χ3v) is 4.35. The van der Waals surface area contributed by atoms with E-state index in [9.17, 15) is 10.1 Å². The second-order valence-electron chi connectivity index (χ2n) is 5.63. The van der Waals surface area contributed by atoms with Crippen molar-refractivity contribution in [3.63, 3.8) is 0 Å². The third-order valence-electron chi connectivity index (χ3n) is 4.35. The Kier molecular flexibility index (Phi) is 4.93. The molecule has 7 heteroatoms. The molecule has 0 spiro atoms. The molecular weight excluding hydrogens is 270 g/mol. The third kappa shape index (κ3) is 3.59. The zero-order valence-electron chi connectivity index (χ0n) is 12.7. The van der Waals surface area contributed by atoms with E-state index in [-0.39, 0.29) is 11.1 Å². The van der Waals surface area contributed by atoms with Crippen LogP contribution in [0, 0.1) is 15.5 Å². The topological polar surface area (TPSA) is 93.0 Å². The van der Waals surface area contributed by atoms with Gasteiger partial charge in [0.1, 0.15) is 6.20 Å². The van der Waals surface area contributed by atoms with Gasteiger partial charge >= 0.3 is 5.69 Å². The van der Waals surface area contributed by atoms with Crippen LogP contribution in [0.2, 0.25) is 0 Å². The molecule has 0 saturated heterocycles. The standard InChI is InChI=1S/C14H23N5O2/c1-3-14(7-5-6-8-14)10-17-12-11(19(20)21)9-16-13(18-12)15-4-2/h9H,3-8,10H2,1-2H3,(H2,15,16,17,18). The Balaban J connectivity index is 2.16. The van der Waals surface area contributed by atoms with E-state index >= 15 is 0 Å². The molecule has 2 N–H and O–H groups in total. The Labute approximate surface area is 124 Å². The van der Waals surface area contributed by atoms with Crippen molar-refractivity contribution in [2.45, 2.75) is 46.0 Å². The summed E-state index contributed by atoms with van der Waals surface area (Å²) in [6.45, 7) is 5.52. The predicted octanol–water partition coefficient (Wildman–Crippen LogP) is 3.20. The summed E-state index contributed by atoms with van der Waals surface area (Å²) >= 11 is 0. The first-order valence-corrected chi connectivity index (χ1v) is 7.59. The maximum absolute atomic E-state index is 11.1. The Morgan fingerprint density at radius 2 is 2.05 bits per heavy atom. The van der Waals surface area contributed by atoms with Gasteiger partial charge in [-0.25, -0.2) is 4.98 Å². The molecule has 1 aromatic heterocycles. The predicted molar refractivity (Wildman–Crippen MR) is 82.5 cm³/mol. The van der Waals surface area contributed by atoms with E-state index in [1.54, 1.807) is 0 Å². The molecule has 1 aromatic rings. The number of aromatic nitrogens is 2. The molecule has 0 bridgehead atoms. The highest BCUT2D eigenvalue weighted by molar-refractivity contribution is 5.57. The summed E-state index contributed by atoms with van der Waals surface area (Å²) in [6.07, 6.45) is 7.18. The molecular formula is C14H23N5O2. The van der Waals surface area contributed by atoms with Crippen molar-refractivity contribution in [1.82, 2.24) is 9.97 Å². The summed E-state index contributed by atoms with van der Waals surface area (Å²) in [4.78, 5) is 18.9. The highest BCUT2D eigenvalue weighted by Crippen LogP contribution is 2.41. The number of anilines is 2. The number of nitrogens with zero attached hydrogens (tertiary/aromatic N) is 3. The van der Waals surface area contributed by atoms with Crippen molar-refractivity contribution in [3.05, 3.63) is 16.3 Å². The highest BCUT2D eigenvalue weighted by atomic mass is 16.6. The zero-order chi connectivity index (χ0) is 15.3. The Bertz CT molecular complexity index is 500. The number of nitro groups is 1. The lowest BCUT2D eigenvalue weighted by Gasteiger charge is -2.27. The van der Waals surface area contributed by atoms with Gasteiger partial charge in [-0.1, -0.05) is 19.8 Å².